The van der Waals surface area contributed by atoms with Gasteiger partial charge in [0.1, 0.15) is 0 Å². The molecule has 0 spiro atoms. The van der Waals surface area contributed by atoms with Crippen LogP contribution in [0.15, 0.2) is 28.4 Å². The smallest absolute Gasteiger partial charge is 0.392 e. The van der Waals surface area contributed by atoms with E-state index in [1.807, 2.05) is 0 Å². The van der Waals surface area contributed by atoms with Crippen LogP contribution in [0, 0.1) is 12.3 Å². The van der Waals surface area contributed by atoms with Crippen molar-refractivity contribution < 1.29 is 18.3 Å². The third-order valence-electron chi connectivity index (χ3n) is 2.56. The van der Waals surface area contributed by atoms with Gasteiger partial charge < -0.3 is 5.11 Å². The van der Waals surface area contributed by atoms with Crippen LogP contribution in [0.2, 0.25) is 0 Å². The third kappa shape index (κ3) is 1.59. The summed E-state index contributed by atoms with van der Waals surface area (Å²) in [6, 6.07) is 4.07. The maximum Gasteiger partial charge on any atom is 0.442 e. The van der Waals surface area contributed by atoms with E-state index in [9.17, 15) is 13.2 Å². The topological polar surface area (TPSA) is 45.0 Å². The van der Waals surface area contributed by atoms with Crippen LogP contribution in [-0.4, -0.2) is 11.3 Å². The lowest BCUT2D eigenvalue weighted by molar-refractivity contribution is -0.166. The summed E-state index contributed by atoms with van der Waals surface area (Å²) in [5.41, 5.74) is -2.50. The van der Waals surface area contributed by atoms with Crippen molar-refractivity contribution in [3.63, 3.8) is 0 Å². The second-order valence-electron chi connectivity index (χ2n) is 3.50. The van der Waals surface area contributed by atoms with Gasteiger partial charge in [-0.15, -0.1) is 16.7 Å². The number of aliphatic hydroxyl groups is 1. The molecule has 0 aromatic heterocycles. The monoisotopic (exact) mass is 240 g/mol. The Morgan fingerprint density at radius 1 is 1.35 bits per heavy atom. The molecule has 0 aliphatic carbocycles. The van der Waals surface area contributed by atoms with E-state index in [-0.39, 0.29) is 16.7 Å². The zero-order chi connectivity index (χ0) is 12.7. The van der Waals surface area contributed by atoms with Gasteiger partial charge in [0, 0.05) is 16.7 Å². The summed E-state index contributed by atoms with van der Waals surface area (Å²) in [4.78, 5) is 0. The molecule has 6 heteroatoms. The predicted molar refractivity (Wildman–Crippen MR) is 52.9 cm³/mol. The minimum Gasteiger partial charge on any atom is -0.392 e. The molecule has 0 fully saturated rings. The summed E-state index contributed by atoms with van der Waals surface area (Å²) >= 11 is 0. The first-order chi connectivity index (χ1) is 7.96. The van der Waals surface area contributed by atoms with E-state index in [0.717, 1.165) is 0 Å². The largest absolute Gasteiger partial charge is 0.442 e. The minimum absolute atomic E-state index is 0.0392. The minimum atomic E-state index is -4.62. The van der Waals surface area contributed by atoms with Crippen LogP contribution in [0.1, 0.15) is 16.7 Å². The Kier molecular flexibility index (Phi) is 2.44. The van der Waals surface area contributed by atoms with Gasteiger partial charge in [-0.2, -0.15) is 13.2 Å². The van der Waals surface area contributed by atoms with Crippen LogP contribution in [0.5, 0.6) is 0 Å². The van der Waals surface area contributed by atoms with E-state index >= 15 is 0 Å². The average molecular weight is 240 g/mol. The molecule has 0 radical (unpaired) electrons. The lowest BCUT2D eigenvalue weighted by atomic mass is 9.93. The zero-order valence-corrected chi connectivity index (χ0v) is 8.49. The highest BCUT2D eigenvalue weighted by molar-refractivity contribution is 5.48. The number of hydrogen-bond acceptors (Lipinski definition) is 3. The Labute approximate surface area is 95.0 Å². The molecule has 2 rings (SSSR count). The van der Waals surface area contributed by atoms with Gasteiger partial charge in [-0.1, -0.05) is 18.1 Å². The molecule has 3 nitrogen and oxygen atoms in total. The molecular formula is C11H7F3N2O. The van der Waals surface area contributed by atoms with Crippen molar-refractivity contribution in [3.8, 4) is 12.3 Å². The van der Waals surface area contributed by atoms with E-state index in [1.54, 1.807) is 0 Å². The number of terminal acetylenes is 1. The van der Waals surface area contributed by atoms with E-state index in [2.05, 4.69) is 16.1 Å². The Bertz CT molecular complexity index is 522. The van der Waals surface area contributed by atoms with E-state index in [1.165, 1.54) is 18.2 Å². The molecule has 17 heavy (non-hydrogen) atoms. The van der Waals surface area contributed by atoms with Gasteiger partial charge in [-0.05, 0) is 6.07 Å². The summed E-state index contributed by atoms with van der Waals surface area (Å²) < 4.78 is 38.4. The van der Waals surface area contributed by atoms with Crippen LogP contribution in [-0.2, 0) is 12.3 Å². The van der Waals surface area contributed by atoms with Crippen LogP contribution in [0.25, 0.3) is 0 Å². The molecule has 1 aromatic rings. The van der Waals surface area contributed by atoms with Crippen molar-refractivity contribution in [2.24, 2.45) is 10.2 Å². The molecule has 0 atom stereocenters. The van der Waals surface area contributed by atoms with E-state index in [4.69, 9.17) is 11.5 Å². The van der Waals surface area contributed by atoms with Crippen molar-refractivity contribution in [1.29, 1.82) is 0 Å². The molecule has 1 heterocycles. The molecule has 1 aliphatic heterocycles. The number of hydrogen-bond donors (Lipinski definition) is 1. The third-order valence-corrected chi connectivity index (χ3v) is 2.56. The zero-order valence-electron chi connectivity index (χ0n) is 8.49. The maximum absolute atomic E-state index is 12.8. The summed E-state index contributed by atoms with van der Waals surface area (Å²) in [6.07, 6.45) is 0.543. The Morgan fingerprint density at radius 3 is 2.41 bits per heavy atom. The molecule has 1 aliphatic rings. The Morgan fingerprint density at radius 2 is 2.00 bits per heavy atom. The van der Waals surface area contributed by atoms with Crippen molar-refractivity contribution >= 4 is 0 Å². The van der Waals surface area contributed by atoms with Crippen LogP contribution in [0.3, 0.4) is 0 Å². The Hall–Kier alpha value is -1.87. The fraction of sp³-hybridized carbons (Fsp3) is 0.273. The molecule has 0 unspecified atom stereocenters. The Balaban J connectivity index is 2.58. The molecule has 0 saturated carbocycles. The highest BCUT2D eigenvalue weighted by atomic mass is 19.4. The SMILES string of the molecule is C#Cc1cccc(C2(C(F)(F)F)N=N2)c1CO. The molecule has 1 aromatic carbocycles. The molecule has 0 amide bonds. The normalized spacial score (nSPS) is 16.6. The van der Waals surface area contributed by atoms with Crippen molar-refractivity contribution in [1.82, 2.24) is 0 Å². The standard InChI is InChI=1S/C11H7F3N2O/c1-2-7-4-3-5-9(8(7)6-17)10(15-16-10)11(12,13)14/h1,3-5,17H,6H2. The first-order valence-electron chi connectivity index (χ1n) is 4.67. The quantitative estimate of drug-likeness (QED) is 0.792. The lowest BCUT2D eigenvalue weighted by Crippen LogP contribution is -2.31. The molecule has 1 N–H and O–H groups in total. The fourth-order valence-electron chi connectivity index (χ4n) is 1.64. The molecular weight excluding hydrogens is 233 g/mol. The van der Waals surface area contributed by atoms with Gasteiger partial charge >= 0.3 is 11.8 Å². The molecule has 88 valence electrons. The van der Waals surface area contributed by atoms with Gasteiger partial charge in [0.15, 0.2) is 0 Å². The van der Waals surface area contributed by atoms with E-state index < -0.39 is 18.4 Å². The van der Waals surface area contributed by atoms with Gasteiger partial charge in [0.05, 0.1) is 6.61 Å². The highest BCUT2D eigenvalue weighted by Crippen LogP contribution is 2.53. The molecule has 0 bridgehead atoms. The van der Waals surface area contributed by atoms with Crippen LogP contribution < -0.4 is 0 Å². The van der Waals surface area contributed by atoms with Crippen LogP contribution in [0.4, 0.5) is 13.2 Å². The second-order valence-corrected chi connectivity index (χ2v) is 3.50. The molecule has 0 saturated heterocycles. The summed E-state index contributed by atoms with van der Waals surface area (Å²) in [5, 5.41) is 15.3. The van der Waals surface area contributed by atoms with Gasteiger partial charge in [-0.25, -0.2) is 0 Å². The number of halogens is 3. The summed E-state index contributed by atoms with van der Waals surface area (Å²) in [5.74, 6) is 2.23. The average Bonchev–Trinajstić information content (AvgIpc) is 3.08. The number of aliphatic hydroxyl groups excluding tert-OH is 1. The number of benzene rings is 1. The van der Waals surface area contributed by atoms with E-state index in [0.29, 0.717) is 0 Å². The van der Waals surface area contributed by atoms with Crippen molar-refractivity contribution in [3.05, 3.63) is 34.9 Å². The van der Waals surface area contributed by atoms with Gasteiger partial charge in [0.25, 0.3) is 0 Å². The van der Waals surface area contributed by atoms with Crippen molar-refractivity contribution in [2.45, 2.75) is 18.4 Å². The predicted octanol–water partition coefficient (Wildman–Crippen LogP) is 2.34. The highest BCUT2D eigenvalue weighted by Gasteiger charge is 2.65. The number of nitrogens with zero attached hydrogens (tertiary/aromatic N) is 2. The first kappa shape index (κ1) is 11.6. The maximum atomic E-state index is 12.8. The first-order valence-corrected chi connectivity index (χ1v) is 4.67. The number of alkyl halides is 3. The van der Waals surface area contributed by atoms with Gasteiger partial charge in [-0.3, -0.25) is 0 Å². The second kappa shape index (κ2) is 3.57. The number of rotatable bonds is 2. The fourth-order valence-corrected chi connectivity index (χ4v) is 1.64. The van der Waals surface area contributed by atoms with Crippen LogP contribution >= 0.6 is 0 Å². The van der Waals surface area contributed by atoms with Crippen molar-refractivity contribution in [2.75, 3.05) is 0 Å². The summed E-state index contributed by atoms with van der Waals surface area (Å²) in [6.45, 7) is -0.585. The summed E-state index contributed by atoms with van der Waals surface area (Å²) in [7, 11) is 0. The lowest BCUT2D eigenvalue weighted by Gasteiger charge is -2.18. The van der Waals surface area contributed by atoms with Gasteiger partial charge in [0.2, 0.25) is 0 Å².